The van der Waals surface area contributed by atoms with Crippen LogP contribution in [0.3, 0.4) is 0 Å². The Morgan fingerprint density at radius 1 is 0.955 bits per heavy atom. The first-order chi connectivity index (χ1) is 10.5. The topological polar surface area (TPSA) is 42.5 Å². The zero-order chi connectivity index (χ0) is 16.1. The van der Waals surface area contributed by atoms with Gasteiger partial charge in [-0.3, -0.25) is 0 Å². The van der Waals surface area contributed by atoms with Gasteiger partial charge >= 0.3 is 0 Å². The molecule has 0 bridgehead atoms. The number of rotatable bonds is 4. The van der Waals surface area contributed by atoms with Crippen molar-refractivity contribution >= 4 is 40.3 Å². The zero-order valence-corrected chi connectivity index (χ0v) is 14.1. The lowest BCUT2D eigenvalue weighted by molar-refractivity contribution is 0.395. The van der Waals surface area contributed by atoms with E-state index in [2.05, 4.69) is 10.6 Å². The Kier molecular flexibility index (Phi) is 5.46. The maximum absolute atomic E-state index is 6.10. The van der Waals surface area contributed by atoms with Gasteiger partial charge in [-0.25, -0.2) is 0 Å². The number of methoxy groups -OCH3 is 2. The average molecular weight is 337 g/mol. The van der Waals surface area contributed by atoms with Crippen LogP contribution in [0, 0.1) is 6.92 Å². The highest BCUT2D eigenvalue weighted by molar-refractivity contribution is 7.80. The molecule has 6 heteroatoms. The predicted octanol–water partition coefficient (Wildman–Crippen LogP) is 4.47. The van der Waals surface area contributed by atoms with Gasteiger partial charge in [-0.05, 0) is 36.8 Å². The van der Waals surface area contributed by atoms with E-state index >= 15 is 0 Å². The molecule has 0 aromatic heterocycles. The minimum atomic E-state index is 0.454. The van der Waals surface area contributed by atoms with Crippen LogP contribution in [0.15, 0.2) is 36.4 Å². The third-order valence-corrected chi connectivity index (χ3v) is 3.65. The van der Waals surface area contributed by atoms with Gasteiger partial charge in [0, 0.05) is 34.6 Å². The van der Waals surface area contributed by atoms with Crippen LogP contribution < -0.4 is 20.1 Å². The molecule has 2 N–H and O–H groups in total. The van der Waals surface area contributed by atoms with E-state index in [0.717, 1.165) is 16.9 Å². The van der Waals surface area contributed by atoms with Gasteiger partial charge in [-0.2, -0.15) is 0 Å². The number of anilines is 2. The fraction of sp³-hybridized carbons (Fsp3) is 0.188. The van der Waals surface area contributed by atoms with Gasteiger partial charge in [0.2, 0.25) is 0 Å². The summed E-state index contributed by atoms with van der Waals surface area (Å²) >= 11 is 11.4. The Morgan fingerprint density at radius 3 is 2.09 bits per heavy atom. The van der Waals surface area contributed by atoms with Gasteiger partial charge < -0.3 is 20.1 Å². The Bertz CT molecular complexity index is 670. The second-order valence-corrected chi connectivity index (χ2v) is 5.46. The summed E-state index contributed by atoms with van der Waals surface area (Å²) in [5.74, 6) is 1.37. The molecular formula is C16H17ClN2O2S. The van der Waals surface area contributed by atoms with E-state index in [-0.39, 0.29) is 0 Å². The molecule has 0 aliphatic rings. The van der Waals surface area contributed by atoms with E-state index in [0.29, 0.717) is 21.6 Å². The van der Waals surface area contributed by atoms with E-state index in [4.69, 9.17) is 33.3 Å². The third-order valence-electron chi connectivity index (χ3n) is 3.04. The Hall–Kier alpha value is -1.98. The highest BCUT2D eigenvalue weighted by Crippen LogP contribution is 2.26. The first-order valence-corrected chi connectivity index (χ1v) is 7.37. The molecule has 0 heterocycles. The van der Waals surface area contributed by atoms with Crippen LogP contribution in [0.25, 0.3) is 0 Å². The molecule has 2 aromatic rings. The fourth-order valence-electron chi connectivity index (χ4n) is 1.84. The summed E-state index contributed by atoms with van der Waals surface area (Å²) in [5.41, 5.74) is 2.61. The van der Waals surface area contributed by atoms with Crippen LogP contribution in [-0.4, -0.2) is 19.3 Å². The summed E-state index contributed by atoms with van der Waals surface area (Å²) in [4.78, 5) is 0. The summed E-state index contributed by atoms with van der Waals surface area (Å²) in [6.07, 6.45) is 0. The molecule has 0 radical (unpaired) electrons. The van der Waals surface area contributed by atoms with Gasteiger partial charge in [0.05, 0.1) is 14.2 Å². The van der Waals surface area contributed by atoms with Crippen molar-refractivity contribution in [3.63, 3.8) is 0 Å². The van der Waals surface area contributed by atoms with Gasteiger partial charge in [-0.1, -0.05) is 17.7 Å². The lowest BCUT2D eigenvalue weighted by Gasteiger charge is -2.13. The van der Waals surface area contributed by atoms with Crippen LogP contribution in [0.5, 0.6) is 11.5 Å². The van der Waals surface area contributed by atoms with Crippen molar-refractivity contribution in [3.05, 3.63) is 47.0 Å². The molecular weight excluding hydrogens is 320 g/mol. The van der Waals surface area contributed by atoms with E-state index in [9.17, 15) is 0 Å². The van der Waals surface area contributed by atoms with Crippen LogP contribution in [0.4, 0.5) is 11.4 Å². The minimum Gasteiger partial charge on any atom is -0.497 e. The molecule has 0 fully saturated rings. The standard InChI is InChI=1S/C16H17ClN2O2S/c1-10-4-5-11(8-15(10)17)18-16(22)19-12-6-13(20-2)9-14(7-12)21-3/h4-9H,1-3H3,(H2,18,19,22). The van der Waals surface area contributed by atoms with Gasteiger partial charge in [0.1, 0.15) is 11.5 Å². The molecule has 0 saturated heterocycles. The smallest absolute Gasteiger partial charge is 0.175 e. The minimum absolute atomic E-state index is 0.454. The number of nitrogens with one attached hydrogen (secondary N) is 2. The molecule has 2 rings (SSSR count). The largest absolute Gasteiger partial charge is 0.497 e. The summed E-state index contributed by atoms with van der Waals surface area (Å²) in [6.45, 7) is 1.95. The Balaban J connectivity index is 2.09. The lowest BCUT2D eigenvalue weighted by atomic mass is 10.2. The van der Waals surface area contributed by atoms with Crippen LogP contribution >= 0.6 is 23.8 Å². The molecule has 0 aliphatic carbocycles. The van der Waals surface area contributed by atoms with Crippen molar-refractivity contribution in [3.8, 4) is 11.5 Å². The molecule has 0 spiro atoms. The van der Waals surface area contributed by atoms with Crippen molar-refractivity contribution in [1.82, 2.24) is 0 Å². The number of thiocarbonyl (C=S) groups is 1. The number of benzene rings is 2. The van der Waals surface area contributed by atoms with Crippen molar-refractivity contribution < 1.29 is 9.47 Å². The number of hydrogen-bond donors (Lipinski definition) is 2. The maximum Gasteiger partial charge on any atom is 0.175 e. The molecule has 0 atom stereocenters. The first-order valence-electron chi connectivity index (χ1n) is 6.59. The van der Waals surface area contributed by atoms with E-state index in [1.165, 1.54) is 0 Å². The summed E-state index contributed by atoms with van der Waals surface area (Å²) in [7, 11) is 3.20. The van der Waals surface area contributed by atoms with Crippen molar-refractivity contribution in [2.45, 2.75) is 6.92 Å². The van der Waals surface area contributed by atoms with Crippen molar-refractivity contribution in [1.29, 1.82) is 0 Å². The molecule has 4 nitrogen and oxygen atoms in total. The molecule has 22 heavy (non-hydrogen) atoms. The highest BCUT2D eigenvalue weighted by Gasteiger charge is 2.05. The normalized spacial score (nSPS) is 10.0. The quantitative estimate of drug-likeness (QED) is 0.806. The number of halogens is 1. The molecule has 2 aromatic carbocycles. The van der Waals surface area contributed by atoms with E-state index in [1.807, 2.05) is 37.3 Å². The lowest BCUT2D eigenvalue weighted by Crippen LogP contribution is -2.19. The second kappa shape index (κ2) is 7.33. The summed E-state index contributed by atoms with van der Waals surface area (Å²) in [5, 5.41) is 7.32. The predicted molar refractivity (Wildman–Crippen MR) is 95.6 cm³/mol. The summed E-state index contributed by atoms with van der Waals surface area (Å²) in [6, 6.07) is 11.1. The summed E-state index contributed by atoms with van der Waals surface area (Å²) < 4.78 is 10.4. The molecule has 0 aliphatic heterocycles. The zero-order valence-electron chi connectivity index (χ0n) is 12.6. The van der Waals surface area contributed by atoms with E-state index in [1.54, 1.807) is 20.3 Å². The van der Waals surface area contributed by atoms with Crippen molar-refractivity contribution in [2.75, 3.05) is 24.9 Å². The van der Waals surface area contributed by atoms with Gasteiger partial charge in [0.25, 0.3) is 0 Å². The Labute approximate surface area is 140 Å². The monoisotopic (exact) mass is 336 g/mol. The van der Waals surface area contributed by atoms with E-state index < -0.39 is 0 Å². The maximum atomic E-state index is 6.10. The fourth-order valence-corrected chi connectivity index (χ4v) is 2.26. The SMILES string of the molecule is COc1cc(NC(=S)Nc2ccc(C)c(Cl)c2)cc(OC)c1. The molecule has 0 amide bonds. The van der Waals surface area contributed by atoms with Crippen molar-refractivity contribution in [2.24, 2.45) is 0 Å². The number of hydrogen-bond acceptors (Lipinski definition) is 3. The van der Waals surface area contributed by atoms with Gasteiger partial charge in [-0.15, -0.1) is 0 Å². The van der Waals surface area contributed by atoms with Crippen LogP contribution in [0.1, 0.15) is 5.56 Å². The van der Waals surface area contributed by atoms with Crippen LogP contribution in [-0.2, 0) is 0 Å². The van der Waals surface area contributed by atoms with Gasteiger partial charge in [0.15, 0.2) is 5.11 Å². The third kappa shape index (κ3) is 4.26. The second-order valence-electron chi connectivity index (χ2n) is 4.64. The highest BCUT2D eigenvalue weighted by atomic mass is 35.5. The first kappa shape index (κ1) is 16.4. The molecule has 116 valence electrons. The number of aryl methyl sites for hydroxylation is 1. The molecule has 0 unspecified atom stereocenters. The number of ether oxygens (including phenoxy) is 2. The average Bonchev–Trinajstić information content (AvgIpc) is 2.50. The molecule has 0 saturated carbocycles. The Morgan fingerprint density at radius 2 is 1.55 bits per heavy atom. The van der Waals surface area contributed by atoms with Crippen LogP contribution in [0.2, 0.25) is 5.02 Å².